The number of hydrogen-bond acceptors (Lipinski definition) is 6. The Kier molecular flexibility index (Phi) is 8.73. The number of piperazine rings is 1. The minimum absolute atomic E-state index is 0.0621. The van der Waals surface area contributed by atoms with Crippen molar-refractivity contribution in [1.29, 1.82) is 0 Å². The summed E-state index contributed by atoms with van der Waals surface area (Å²) in [5.74, 6) is 2.24. The zero-order chi connectivity index (χ0) is 30.0. The topological polar surface area (TPSA) is 93.0 Å². The summed E-state index contributed by atoms with van der Waals surface area (Å²) in [6.07, 6.45) is 2.20. The Morgan fingerprint density at radius 2 is 1.95 bits per heavy atom. The minimum atomic E-state index is -0.545. The van der Waals surface area contributed by atoms with Crippen LogP contribution < -0.4 is 25.7 Å². The zero-order valence-corrected chi connectivity index (χ0v) is 25.5. The van der Waals surface area contributed by atoms with Gasteiger partial charge in [-0.3, -0.25) is 9.36 Å². The van der Waals surface area contributed by atoms with E-state index in [2.05, 4.69) is 43.2 Å². The number of benzene rings is 2. The first kappa shape index (κ1) is 29.8. The van der Waals surface area contributed by atoms with Gasteiger partial charge in [-0.05, 0) is 60.4 Å². The largest absolute Gasteiger partial charge is 0.497 e. The lowest BCUT2D eigenvalue weighted by atomic mass is 9.64. The predicted molar refractivity (Wildman–Crippen MR) is 165 cm³/mol. The van der Waals surface area contributed by atoms with Gasteiger partial charge in [-0.25, -0.2) is 14.4 Å². The molecule has 0 bridgehead atoms. The van der Waals surface area contributed by atoms with Gasteiger partial charge in [0.25, 0.3) is 5.56 Å². The average Bonchev–Trinajstić information content (AvgIpc) is 2.97. The molecule has 2 aromatic carbocycles. The molecule has 3 atom stereocenters. The summed E-state index contributed by atoms with van der Waals surface area (Å²) in [5.41, 5.74) is 1.47. The smallest absolute Gasteiger partial charge is 0.261 e. The highest BCUT2D eigenvalue weighted by Crippen LogP contribution is 2.44. The van der Waals surface area contributed by atoms with E-state index < -0.39 is 5.82 Å². The Hall–Kier alpha value is -3.66. The SMILES string of the molecule is COc1ccc(OCc2nc3cc(NC(=NC4C[C@@H](C)C(C)(C)C[C@@H]4C)N4CCNCC4)ccc3c(=O)n2C)c(F)c1. The molecule has 5 rings (SSSR count). The fourth-order valence-electron chi connectivity index (χ4n) is 6.01. The first-order valence-corrected chi connectivity index (χ1v) is 14.8. The quantitative estimate of drug-likeness (QED) is 0.321. The predicted octanol–water partition coefficient (Wildman–Crippen LogP) is 4.79. The highest BCUT2D eigenvalue weighted by molar-refractivity contribution is 5.96. The molecule has 1 aromatic heterocycles. The van der Waals surface area contributed by atoms with Crippen LogP contribution in [0.15, 0.2) is 46.2 Å². The van der Waals surface area contributed by atoms with Gasteiger partial charge in [-0.1, -0.05) is 27.7 Å². The van der Waals surface area contributed by atoms with Crippen LogP contribution in [0.3, 0.4) is 0 Å². The third-order valence-electron chi connectivity index (χ3n) is 9.06. The van der Waals surface area contributed by atoms with Crippen molar-refractivity contribution in [2.75, 3.05) is 38.6 Å². The maximum absolute atomic E-state index is 14.4. The molecule has 2 aliphatic rings. The maximum atomic E-state index is 14.4. The molecule has 9 nitrogen and oxygen atoms in total. The molecule has 10 heteroatoms. The number of nitrogens with one attached hydrogen (secondary N) is 2. The van der Waals surface area contributed by atoms with E-state index in [9.17, 15) is 9.18 Å². The summed E-state index contributed by atoms with van der Waals surface area (Å²) >= 11 is 0. The van der Waals surface area contributed by atoms with E-state index >= 15 is 0 Å². The first-order valence-electron chi connectivity index (χ1n) is 14.8. The molecule has 2 N–H and O–H groups in total. The van der Waals surface area contributed by atoms with Crippen molar-refractivity contribution in [2.24, 2.45) is 29.3 Å². The minimum Gasteiger partial charge on any atom is -0.497 e. The van der Waals surface area contributed by atoms with Crippen molar-refractivity contribution in [2.45, 2.75) is 53.2 Å². The van der Waals surface area contributed by atoms with Crippen molar-refractivity contribution < 1.29 is 13.9 Å². The molecule has 0 amide bonds. The van der Waals surface area contributed by atoms with Gasteiger partial charge in [0.2, 0.25) is 0 Å². The van der Waals surface area contributed by atoms with Crippen LogP contribution in [-0.2, 0) is 13.7 Å². The molecule has 1 aliphatic carbocycles. The molecule has 2 fully saturated rings. The summed E-state index contributed by atoms with van der Waals surface area (Å²) in [5, 5.41) is 7.51. The Labute approximate surface area is 247 Å². The van der Waals surface area contributed by atoms with Gasteiger partial charge >= 0.3 is 0 Å². The van der Waals surface area contributed by atoms with Gasteiger partial charge in [0.15, 0.2) is 17.5 Å². The van der Waals surface area contributed by atoms with E-state index in [0.29, 0.717) is 39.7 Å². The molecular weight excluding hydrogens is 535 g/mol. The third kappa shape index (κ3) is 6.38. The van der Waals surface area contributed by atoms with Gasteiger partial charge in [-0.15, -0.1) is 0 Å². The van der Waals surface area contributed by atoms with Crippen LogP contribution in [0.1, 0.15) is 46.4 Å². The molecule has 1 saturated carbocycles. The Bertz CT molecular complexity index is 1510. The van der Waals surface area contributed by atoms with Crippen LogP contribution in [0.5, 0.6) is 11.5 Å². The number of rotatable bonds is 6. The third-order valence-corrected chi connectivity index (χ3v) is 9.06. The number of methoxy groups -OCH3 is 1. The second kappa shape index (κ2) is 12.3. The molecule has 2 heterocycles. The Balaban J connectivity index is 1.42. The van der Waals surface area contributed by atoms with Crippen LogP contribution >= 0.6 is 0 Å². The molecule has 1 saturated heterocycles. The van der Waals surface area contributed by atoms with Gasteiger partial charge in [0.05, 0.1) is 24.1 Å². The van der Waals surface area contributed by atoms with Crippen LogP contribution in [0, 0.1) is 23.1 Å². The normalized spacial score (nSPS) is 22.7. The van der Waals surface area contributed by atoms with Crippen molar-refractivity contribution in [1.82, 2.24) is 19.8 Å². The van der Waals surface area contributed by atoms with E-state index in [4.69, 9.17) is 19.5 Å². The zero-order valence-electron chi connectivity index (χ0n) is 25.5. The van der Waals surface area contributed by atoms with E-state index in [1.165, 1.54) is 23.8 Å². The molecule has 42 heavy (non-hydrogen) atoms. The number of fused-ring (bicyclic) bond motifs is 1. The lowest BCUT2D eigenvalue weighted by Crippen LogP contribution is -2.49. The van der Waals surface area contributed by atoms with Crippen molar-refractivity contribution in [3.63, 3.8) is 0 Å². The number of aliphatic imine (C=N–C) groups is 1. The average molecular weight is 579 g/mol. The van der Waals surface area contributed by atoms with Crippen LogP contribution in [0.2, 0.25) is 0 Å². The lowest BCUT2D eigenvalue weighted by Gasteiger charge is -2.43. The molecule has 3 aromatic rings. The Morgan fingerprint density at radius 3 is 2.67 bits per heavy atom. The maximum Gasteiger partial charge on any atom is 0.261 e. The van der Waals surface area contributed by atoms with Crippen LogP contribution in [-0.4, -0.2) is 59.7 Å². The van der Waals surface area contributed by atoms with Gasteiger partial charge in [-0.2, -0.15) is 0 Å². The fourth-order valence-corrected chi connectivity index (χ4v) is 6.01. The van der Waals surface area contributed by atoms with Crippen molar-refractivity contribution in [3.05, 3.63) is 58.4 Å². The van der Waals surface area contributed by atoms with Gasteiger partial charge in [0, 0.05) is 45.0 Å². The molecule has 0 spiro atoms. The molecule has 0 radical (unpaired) electrons. The number of guanidine groups is 1. The number of ether oxygens (including phenoxy) is 2. The molecule has 226 valence electrons. The summed E-state index contributed by atoms with van der Waals surface area (Å²) in [4.78, 5) is 25.5. The number of hydrogen-bond donors (Lipinski definition) is 2. The van der Waals surface area contributed by atoms with E-state index in [1.54, 1.807) is 19.2 Å². The van der Waals surface area contributed by atoms with Crippen molar-refractivity contribution >= 4 is 22.5 Å². The molecular formula is C32H43FN6O3. The van der Waals surface area contributed by atoms with E-state index in [-0.39, 0.29) is 24.0 Å². The van der Waals surface area contributed by atoms with Gasteiger partial charge in [0.1, 0.15) is 18.2 Å². The van der Waals surface area contributed by atoms with Crippen LogP contribution in [0.25, 0.3) is 10.9 Å². The molecule has 1 unspecified atom stereocenters. The number of anilines is 1. The lowest BCUT2D eigenvalue weighted by molar-refractivity contribution is 0.0980. The van der Waals surface area contributed by atoms with Crippen molar-refractivity contribution in [3.8, 4) is 11.5 Å². The molecule has 1 aliphatic heterocycles. The highest BCUT2D eigenvalue weighted by atomic mass is 19.1. The standard InChI is InChI=1S/C32H43FN6O3/c1-20-18-32(3,4)21(2)15-26(20)37-31(39-13-11-34-12-14-39)35-22-7-9-24-27(16-22)36-29(38(5)30(24)40)19-42-28-10-8-23(41-6)17-25(28)33/h7-10,16-17,20-21,26,34H,11-15,18-19H2,1-6H3,(H,35,37)/t20-,21+,26?/m0/s1. The number of halogens is 1. The van der Waals surface area contributed by atoms with E-state index in [0.717, 1.165) is 50.7 Å². The summed E-state index contributed by atoms with van der Waals surface area (Å²) < 4.78 is 26.6. The van der Waals surface area contributed by atoms with E-state index in [1.807, 2.05) is 12.1 Å². The Morgan fingerprint density at radius 1 is 1.19 bits per heavy atom. The highest BCUT2D eigenvalue weighted by Gasteiger charge is 2.38. The fraction of sp³-hybridized carbons (Fsp3) is 0.531. The second-order valence-corrected chi connectivity index (χ2v) is 12.4. The van der Waals surface area contributed by atoms with Gasteiger partial charge < -0.3 is 25.0 Å². The monoisotopic (exact) mass is 578 g/mol. The second-order valence-electron chi connectivity index (χ2n) is 12.4. The number of nitrogens with zero attached hydrogens (tertiary/aromatic N) is 4. The number of aromatic nitrogens is 2. The summed E-state index contributed by atoms with van der Waals surface area (Å²) in [7, 11) is 3.12. The first-order chi connectivity index (χ1) is 20.1. The van der Waals surface area contributed by atoms with Crippen LogP contribution in [0.4, 0.5) is 10.1 Å². The summed E-state index contributed by atoms with van der Waals surface area (Å²) in [6, 6.07) is 10.2. The summed E-state index contributed by atoms with van der Waals surface area (Å²) in [6.45, 7) is 12.8.